The van der Waals surface area contributed by atoms with E-state index in [0.717, 1.165) is 123 Å². The molecule has 0 amide bonds. The van der Waals surface area contributed by atoms with Crippen LogP contribution in [-0.2, 0) is 21.7 Å². The third-order valence-corrected chi connectivity index (χ3v) is 24.2. The van der Waals surface area contributed by atoms with Crippen molar-refractivity contribution in [3.63, 3.8) is 0 Å². The fourth-order valence-corrected chi connectivity index (χ4v) is 18.8. The Balaban J connectivity index is 1.01. The van der Waals surface area contributed by atoms with Crippen molar-refractivity contribution >= 4 is 79.0 Å². The molecule has 1 aromatic heterocycles. The fourth-order valence-electron chi connectivity index (χ4n) is 18.8. The van der Waals surface area contributed by atoms with Crippen molar-refractivity contribution in [1.29, 1.82) is 0 Å². The molecule has 3 nitrogen and oxygen atoms in total. The summed E-state index contributed by atoms with van der Waals surface area (Å²) in [6.45, 7) is 20.2. The number of benzene rings is 16. The van der Waals surface area contributed by atoms with Gasteiger partial charge in [0.1, 0.15) is 0 Å². The molecule has 0 bridgehead atoms. The summed E-state index contributed by atoms with van der Waals surface area (Å²) in [5.74, 6) is 0. The maximum Gasteiger partial charge on any atom is 0.252 e. The van der Waals surface area contributed by atoms with Crippen LogP contribution in [0.25, 0.3) is 105 Å². The van der Waals surface area contributed by atoms with Crippen molar-refractivity contribution in [3.8, 4) is 83.6 Å². The molecule has 3 aliphatic rings. The summed E-state index contributed by atoms with van der Waals surface area (Å²) in [5.41, 5.74) is 32.3. The Morgan fingerprint density at radius 1 is 0.292 bits per heavy atom. The van der Waals surface area contributed by atoms with Crippen LogP contribution in [0.5, 0.6) is 0 Å². The highest BCUT2D eigenvalue weighted by Gasteiger charge is 2.50. The smallest absolute Gasteiger partial charge is 0.252 e. The Bertz CT molecular complexity index is 6660. The molecule has 16 aromatic carbocycles. The fraction of sp³-hybridized carbons (Fsp3) is 0.119. The minimum absolute atomic E-state index is 0.137. The molecule has 0 saturated heterocycles. The molecule has 0 unspecified atom stereocenters. The summed E-state index contributed by atoms with van der Waals surface area (Å²) < 4.78 is 49.7. The van der Waals surface area contributed by atoms with Crippen molar-refractivity contribution in [2.45, 2.75) is 84.0 Å². The predicted molar refractivity (Wildman–Crippen MR) is 481 cm³/mol. The number of hydrogen-bond acceptors (Lipinski definition) is 2. The number of fused-ring (bicyclic) bond motifs is 10. The third kappa shape index (κ3) is 11.2. The van der Waals surface area contributed by atoms with Crippen LogP contribution in [0, 0.1) is 0 Å². The monoisotopic (exact) mass is 1450 g/mol. The molecule has 0 atom stereocenters. The van der Waals surface area contributed by atoms with Gasteiger partial charge in [-0.15, -0.1) is 0 Å². The number of hydrogen-bond donors (Lipinski definition) is 0. The van der Waals surface area contributed by atoms with Gasteiger partial charge in [-0.25, -0.2) is 0 Å². The van der Waals surface area contributed by atoms with Gasteiger partial charge in [-0.3, -0.25) is 0 Å². The number of nitrogens with zero attached hydrogens (tertiary/aromatic N) is 3. The molecule has 0 saturated carbocycles. The lowest BCUT2D eigenvalue weighted by atomic mass is 9.33. The van der Waals surface area contributed by atoms with Gasteiger partial charge in [-0.1, -0.05) is 372 Å². The molecule has 0 radical (unpaired) electrons. The molecule has 2 aliphatic heterocycles. The van der Waals surface area contributed by atoms with Gasteiger partial charge in [0.15, 0.2) is 0 Å². The molecule has 20 rings (SSSR count). The highest BCUT2D eigenvalue weighted by atomic mass is 15.2. The van der Waals surface area contributed by atoms with Crippen LogP contribution in [-0.4, -0.2) is 11.3 Å². The maximum atomic E-state index is 9.80. The van der Waals surface area contributed by atoms with Gasteiger partial charge < -0.3 is 14.4 Å². The first-order valence-corrected chi connectivity index (χ1v) is 39.7. The normalized spacial score (nSPS) is 14.0. The van der Waals surface area contributed by atoms with Crippen molar-refractivity contribution in [2.75, 3.05) is 9.80 Å². The lowest BCUT2D eigenvalue weighted by Gasteiger charge is -2.46. The zero-order chi connectivity index (χ0) is 81.0. The summed E-state index contributed by atoms with van der Waals surface area (Å²) in [7, 11) is 0. The SMILES string of the molecule is [2H]c1c([2H])c([2H])c(-c2ccc3c(c2)B2c4ccc(-c5cccc6c5C(c5ccccc5)(c5ccccc5)c5ccccc5-6)cc4N(c4c(-c5ccccc5)cc(C(C)(C)C)cc4-c4ccccc4)c4cc(-n5c6ccc(C(C)(C)C)cc6c6cc(C(C)(C)C)ccc65)cc(c42)N3c2c(-c3ccccc3)cccc2-c2ccccc2)c([2H])c1[2H]. The van der Waals surface area contributed by atoms with Crippen molar-refractivity contribution < 1.29 is 6.85 Å². The first-order chi connectivity index (χ1) is 57.1. The second kappa shape index (κ2) is 26.6. The van der Waals surface area contributed by atoms with Gasteiger partial charge in [0, 0.05) is 55.8 Å². The largest absolute Gasteiger partial charge is 0.310 e. The Labute approximate surface area is 672 Å². The molecular weight excluding hydrogens is 1360 g/mol. The van der Waals surface area contributed by atoms with Crippen LogP contribution in [0.3, 0.4) is 0 Å². The molecule has 4 heteroatoms. The van der Waals surface area contributed by atoms with Crippen molar-refractivity contribution in [2.24, 2.45) is 0 Å². The van der Waals surface area contributed by atoms with Crippen LogP contribution in [0.1, 0.15) is 108 Å². The topological polar surface area (TPSA) is 11.4 Å². The molecule has 0 fully saturated rings. The Hall–Kier alpha value is -13.0. The van der Waals surface area contributed by atoms with E-state index in [9.17, 15) is 5.48 Å². The highest BCUT2D eigenvalue weighted by Crippen LogP contribution is 2.61. The van der Waals surface area contributed by atoms with E-state index in [4.69, 9.17) is 1.37 Å². The van der Waals surface area contributed by atoms with Gasteiger partial charge in [0.25, 0.3) is 6.71 Å². The van der Waals surface area contributed by atoms with Crippen LogP contribution in [0.2, 0.25) is 0 Å². The van der Waals surface area contributed by atoms with E-state index in [0.29, 0.717) is 5.56 Å². The summed E-state index contributed by atoms with van der Waals surface area (Å²) in [4.78, 5) is 5.18. The van der Waals surface area contributed by atoms with E-state index >= 15 is 0 Å². The van der Waals surface area contributed by atoms with E-state index in [1.54, 1.807) is 0 Å². The Morgan fingerprint density at radius 3 is 1.24 bits per heavy atom. The van der Waals surface area contributed by atoms with Crippen molar-refractivity contribution in [1.82, 2.24) is 4.57 Å². The lowest BCUT2D eigenvalue weighted by Crippen LogP contribution is -2.61. The number of rotatable bonds is 11. The van der Waals surface area contributed by atoms with Crippen LogP contribution in [0.4, 0.5) is 34.1 Å². The average molecular weight is 1460 g/mol. The van der Waals surface area contributed by atoms with E-state index in [1.165, 1.54) is 60.8 Å². The maximum absolute atomic E-state index is 9.80. The van der Waals surface area contributed by atoms with Crippen LogP contribution in [0.15, 0.2) is 370 Å². The van der Waals surface area contributed by atoms with E-state index in [2.05, 4.69) is 410 Å². The van der Waals surface area contributed by atoms with Gasteiger partial charge in [-0.05, 0) is 188 Å². The highest BCUT2D eigenvalue weighted by molar-refractivity contribution is 7.00. The third-order valence-electron chi connectivity index (χ3n) is 24.2. The van der Waals surface area contributed by atoms with Crippen LogP contribution < -0.4 is 26.2 Å². The van der Waals surface area contributed by atoms with E-state index in [1.807, 2.05) is 6.07 Å². The quantitative estimate of drug-likeness (QED) is 0.120. The second-order valence-corrected chi connectivity index (χ2v) is 33.9. The van der Waals surface area contributed by atoms with Gasteiger partial charge in [-0.2, -0.15) is 0 Å². The van der Waals surface area contributed by atoms with E-state index < -0.39 is 18.2 Å². The van der Waals surface area contributed by atoms with Crippen LogP contribution >= 0.6 is 0 Å². The molecule has 1 aliphatic carbocycles. The first kappa shape index (κ1) is 63.7. The zero-order valence-corrected chi connectivity index (χ0v) is 65.3. The molecule has 3 heterocycles. The Morgan fingerprint density at radius 2 is 0.726 bits per heavy atom. The van der Waals surface area contributed by atoms with Gasteiger partial charge >= 0.3 is 0 Å². The molecule has 0 N–H and O–H groups in total. The minimum atomic E-state index is -0.759. The molecule has 0 spiro atoms. The summed E-state index contributed by atoms with van der Waals surface area (Å²) in [5, 5.41) is 2.34. The molecular formula is C109H88BN3. The van der Waals surface area contributed by atoms with Gasteiger partial charge in [0.05, 0.1) is 40.4 Å². The summed E-state index contributed by atoms with van der Waals surface area (Å²) in [6.07, 6.45) is 0. The van der Waals surface area contributed by atoms with Gasteiger partial charge in [0.2, 0.25) is 0 Å². The summed E-state index contributed by atoms with van der Waals surface area (Å²) in [6, 6.07) is 124. The average Bonchev–Trinajstić information content (AvgIpc) is 1.38. The number of para-hydroxylation sites is 1. The standard InChI is InChI=1S/C109H88BN3/c1-106(2,3)80-57-61-96-91(65-80)92-66-81(107(4,5)6)58-62-97(92)111(96)83-69-100-103-101(70-83)113(105-89(74-41-23-13-24-42-74)67-82(108(7,8)9)68-90(105)75-43-25-14-26-44-75)99-64-77(84-50-33-53-88-87-49-31-32-54-93(87)109(102(84)88,78-45-27-15-28-46-78)79-47-29-16-30-48-79)55-59-94(99)110(103)95-63-76(71-35-17-10-18-36-71)56-60-98(95)112(100)104-85(72-37-19-11-20-38-72)51-34-52-86(104)73-39-21-12-22-40-73/h10-70H,1-9H3/i10D,17D,18D,35D,36D. The molecule has 113 heavy (non-hydrogen) atoms. The zero-order valence-electron chi connectivity index (χ0n) is 70.3. The molecule has 17 aromatic rings. The number of anilines is 6. The lowest BCUT2D eigenvalue weighted by molar-refractivity contribution is 0.590. The second-order valence-electron chi connectivity index (χ2n) is 33.9. The predicted octanol–water partition coefficient (Wildman–Crippen LogP) is 27.1. The molecule has 542 valence electrons. The van der Waals surface area contributed by atoms with E-state index in [-0.39, 0.29) is 46.0 Å². The summed E-state index contributed by atoms with van der Waals surface area (Å²) >= 11 is 0. The minimum Gasteiger partial charge on any atom is -0.310 e. The number of aromatic nitrogens is 1. The van der Waals surface area contributed by atoms with Crippen molar-refractivity contribution in [3.05, 3.63) is 409 Å². The first-order valence-electron chi connectivity index (χ1n) is 42.2. The Kier molecular flexibility index (Phi) is 15.0.